The molecule has 2 aliphatic rings. The van der Waals surface area contributed by atoms with Crippen LogP contribution in [0, 0.1) is 6.92 Å². The Balaban J connectivity index is 1.62. The predicted molar refractivity (Wildman–Crippen MR) is 92.5 cm³/mol. The van der Waals surface area contributed by atoms with Crippen molar-refractivity contribution in [1.82, 2.24) is 14.8 Å². The van der Waals surface area contributed by atoms with E-state index in [4.69, 9.17) is 4.74 Å². The van der Waals surface area contributed by atoms with Gasteiger partial charge in [-0.1, -0.05) is 0 Å². The molecule has 0 spiro atoms. The lowest BCUT2D eigenvalue weighted by atomic mass is 10.1. The molecule has 6 nitrogen and oxygen atoms in total. The standard InChI is InChI=1S/C15H18N4O2S2/c1-9-7-23-15(16-9)17-12-5-21-6-13(12)19-14(20)4-10-8-22-3-2-11(10)18-19/h4,7,12-13H,2-3,5-6,8H2,1H3,(H,16,17). The fourth-order valence-corrected chi connectivity index (χ4v) is 4.67. The zero-order valence-corrected chi connectivity index (χ0v) is 14.5. The zero-order valence-electron chi connectivity index (χ0n) is 12.8. The smallest absolute Gasteiger partial charge is 0.267 e. The summed E-state index contributed by atoms with van der Waals surface area (Å²) in [6.07, 6.45) is 0.928. The van der Waals surface area contributed by atoms with Crippen molar-refractivity contribution in [3.63, 3.8) is 0 Å². The fraction of sp³-hybridized carbons (Fsp3) is 0.533. The Bertz CT molecular complexity index is 773. The summed E-state index contributed by atoms with van der Waals surface area (Å²) in [6.45, 7) is 3.03. The highest BCUT2D eigenvalue weighted by Gasteiger charge is 2.32. The van der Waals surface area contributed by atoms with Crippen molar-refractivity contribution in [1.29, 1.82) is 0 Å². The molecule has 8 heteroatoms. The Morgan fingerprint density at radius 3 is 3.17 bits per heavy atom. The van der Waals surface area contributed by atoms with E-state index in [0.29, 0.717) is 13.2 Å². The molecule has 4 rings (SSSR count). The lowest BCUT2D eigenvalue weighted by Crippen LogP contribution is -2.38. The molecule has 0 bridgehead atoms. The second-order valence-electron chi connectivity index (χ2n) is 5.85. The van der Waals surface area contributed by atoms with Gasteiger partial charge in [-0.25, -0.2) is 9.67 Å². The molecule has 1 fully saturated rings. The first-order valence-corrected chi connectivity index (χ1v) is 9.70. The molecule has 0 radical (unpaired) electrons. The number of rotatable bonds is 3. The number of nitrogens with one attached hydrogen (secondary N) is 1. The van der Waals surface area contributed by atoms with Gasteiger partial charge < -0.3 is 10.1 Å². The molecule has 2 unspecified atom stereocenters. The number of anilines is 1. The van der Waals surface area contributed by atoms with E-state index in [-0.39, 0.29) is 17.6 Å². The van der Waals surface area contributed by atoms with E-state index in [0.717, 1.165) is 40.0 Å². The third-order valence-electron chi connectivity index (χ3n) is 4.16. The van der Waals surface area contributed by atoms with E-state index in [9.17, 15) is 4.79 Å². The Hall–Kier alpha value is -1.38. The molecule has 2 aliphatic heterocycles. The van der Waals surface area contributed by atoms with Gasteiger partial charge >= 0.3 is 0 Å². The number of thiazole rings is 1. The monoisotopic (exact) mass is 350 g/mol. The number of ether oxygens (including phenoxy) is 1. The lowest BCUT2D eigenvalue weighted by molar-refractivity contribution is 0.182. The minimum absolute atomic E-state index is 0.0155. The van der Waals surface area contributed by atoms with Crippen LogP contribution in [0.4, 0.5) is 5.13 Å². The van der Waals surface area contributed by atoms with Crippen LogP contribution in [-0.2, 0) is 16.9 Å². The van der Waals surface area contributed by atoms with E-state index in [1.165, 1.54) is 0 Å². The molecule has 0 amide bonds. The molecule has 2 atom stereocenters. The van der Waals surface area contributed by atoms with Gasteiger partial charge in [-0.3, -0.25) is 4.79 Å². The van der Waals surface area contributed by atoms with Crippen LogP contribution >= 0.6 is 23.1 Å². The van der Waals surface area contributed by atoms with E-state index >= 15 is 0 Å². The third kappa shape index (κ3) is 3.02. The van der Waals surface area contributed by atoms with Crippen molar-refractivity contribution >= 4 is 28.2 Å². The van der Waals surface area contributed by atoms with Crippen molar-refractivity contribution in [3.05, 3.63) is 38.8 Å². The van der Waals surface area contributed by atoms with Crippen molar-refractivity contribution in [2.45, 2.75) is 31.2 Å². The maximum absolute atomic E-state index is 12.5. The quantitative estimate of drug-likeness (QED) is 0.911. The molecule has 4 heterocycles. The SMILES string of the molecule is Cc1csc(NC2COCC2n2nc3c(cc2=O)CSCC3)n1. The van der Waals surface area contributed by atoms with Crippen LogP contribution in [0.15, 0.2) is 16.2 Å². The summed E-state index contributed by atoms with van der Waals surface area (Å²) in [5.41, 5.74) is 3.10. The summed E-state index contributed by atoms with van der Waals surface area (Å²) >= 11 is 3.43. The normalized spacial score (nSPS) is 23.7. The summed E-state index contributed by atoms with van der Waals surface area (Å²) in [7, 11) is 0. The Kier molecular flexibility index (Phi) is 4.13. The number of hydrogen-bond donors (Lipinski definition) is 1. The first-order chi connectivity index (χ1) is 11.2. The van der Waals surface area contributed by atoms with Gasteiger partial charge in [-0.15, -0.1) is 11.3 Å². The number of aryl methyl sites for hydroxylation is 2. The van der Waals surface area contributed by atoms with Gasteiger partial charge in [0.1, 0.15) is 6.04 Å². The van der Waals surface area contributed by atoms with Crippen LogP contribution in [0.3, 0.4) is 0 Å². The molecular weight excluding hydrogens is 332 g/mol. The van der Waals surface area contributed by atoms with E-state index < -0.39 is 0 Å². The van der Waals surface area contributed by atoms with E-state index in [1.54, 1.807) is 22.1 Å². The summed E-state index contributed by atoms with van der Waals surface area (Å²) in [4.78, 5) is 16.9. The molecular formula is C15H18N4O2S2. The van der Waals surface area contributed by atoms with E-state index in [1.807, 2.05) is 24.1 Å². The molecule has 122 valence electrons. The van der Waals surface area contributed by atoms with Gasteiger partial charge in [0.15, 0.2) is 5.13 Å². The summed E-state index contributed by atoms with van der Waals surface area (Å²) in [5.74, 6) is 1.96. The van der Waals surface area contributed by atoms with Crippen LogP contribution in [0.2, 0.25) is 0 Å². The minimum atomic E-state index is -0.0911. The minimum Gasteiger partial charge on any atom is -0.377 e. The largest absolute Gasteiger partial charge is 0.377 e. The van der Waals surface area contributed by atoms with Gasteiger partial charge in [0.2, 0.25) is 0 Å². The second-order valence-corrected chi connectivity index (χ2v) is 7.81. The Morgan fingerprint density at radius 1 is 1.43 bits per heavy atom. The van der Waals surface area contributed by atoms with Crippen LogP contribution in [0.1, 0.15) is 23.0 Å². The topological polar surface area (TPSA) is 69.0 Å². The summed E-state index contributed by atoms with van der Waals surface area (Å²) in [6, 6.07) is 1.67. The van der Waals surface area contributed by atoms with Crippen molar-refractivity contribution in [2.75, 3.05) is 24.3 Å². The van der Waals surface area contributed by atoms with Crippen LogP contribution < -0.4 is 10.9 Å². The highest BCUT2D eigenvalue weighted by atomic mass is 32.2. The lowest BCUT2D eigenvalue weighted by Gasteiger charge is -2.22. The van der Waals surface area contributed by atoms with Crippen LogP contribution in [-0.4, -0.2) is 39.8 Å². The summed E-state index contributed by atoms with van der Waals surface area (Å²) < 4.78 is 7.22. The first kappa shape index (κ1) is 15.2. The van der Waals surface area contributed by atoms with Gasteiger partial charge in [0.25, 0.3) is 5.56 Å². The molecule has 2 aromatic heterocycles. The molecule has 23 heavy (non-hydrogen) atoms. The molecule has 1 N–H and O–H groups in total. The number of fused-ring (bicyclic) bond motifs is 1. The first-order valence-electron chi connectivity index (χ1n) is 7.66. The van der Waals surface area contributed by atoms with Crippen molar-refractivity contribution in [2.24, 2.45) is 0 Å². The molecule has 0 aliphatic carbocycles. The zero-order chi connectivity index (χ0) is 15.8. The van der Waals surface area contributed by atoms with Gasteiger partial charge in [-0.05, 0) is 18.2 Å². The molecule has 0 aromatic carbocycles. The number of hydrogen-bond acceptors (Lipinski definition) is 7. The molecule has 0 saturated carbocycles. The fourth-order valence-electron chi connectivity index (χ4n) is 2.97. The highest BCUT2D eigenvalue weighted by Crippen LogP contribution is 2.26. The van der Waals surface area contributed by atoms with Gasteiger partial charge in [0, 0.05) is 23.6 Å². The predicted octanol–water partition coefficient (Wildman–Crippen LogP) is 1.85. The van der Waals surface area contributed by atoms with Gasteiger partial charge in [-0.2, -0.15) is 16.9 Å². The Labute approximate surface area is 142 Å². The molecule has 1 saturated heterocycles. The van der Waals surface area contributed by atoms with Crippen molar-refractivity contribution in [3.8, 4) is 0 Å². The number of aromatic nitrogens is 3. The summed E-state index contributed by atoms with van der Waals surface area (Å²) in [5, 5.41) is 10.9. The number of nitrogens with zero attached hydrogens (tertiary/aromatic N) is 3. The average Bonchev–Trinajstić information content (AvgIpc) is 3.16. The second kappa shape index (κ2) is 6.26. The molecule has 2 aromatic rings. The van der Waals surface area contributed by atoms with Crippen molar-refractivity contribution < 1.29 is 4.74 Å². The maximum atomic E-state index is 12.5. The third-order valence-corrected chi connectivity index (χ3v) is 6.06. The van der Waals surface area contributed by atoms with Gasteiger partial charge in [0.05, 0.1) is 30.6 Å². The number of thioether (sulfide) groups is 1. The Morgan fingerprint density at radius 2 is 2.35 bits per heavy atom. The maximum Gasteiger partial charge on any atom is 0.267 e. The van der Waals surface area contributed by atoms with Crippen LogP contribution in [0.5, 0.6) is 0 Å². The highest BCUT2D eigenvalue weighted by molar-refractivity contribution is 7.98. The van der Waals surface area contributed by atoms with Crippen LogP contribution in [0.25, 0.3) is 0 Å². The average molecular weight is 350 g/mol. The van der Waals surface area contributed by atoms with E-state index in [2.05, 4.69) is 15.4 Å².